The molecule has 2 amide bonds. The number of rotatable bonds is 6. The van der Waals surface area contributed by atoms with Gasteiger partial charge in [-0.15, -0.1) is 0 Å². The second kappa shape index (κ2) is 7.76. The first kappa shape index (κ1) is 20.4. The van der Waals surface area contributed by atoms with Crippen LogP contribution in [0.3, 0.4) is 0 Å². The van der Waals surface area contributed by atoms with Crippen molar-refractivity contribution in [3.8, 4) is 11.1 Å². The third-order valence-electron chi connectivity index (χ3n) is 5.73. The molecule has 6 heteroatoms. The molecule has 0 aliphatic carbocycles. The van der Waals surface area contributed by atoms with E-state index in [1.54, 1.807) is 4.90 Å². The lowest BCUT2D eigenvalue weighted by molar-refractivity contribution is 0.0625. The summed E-state index contributed by atoms with van der Waals surface area (Å²) in [6, 6.07) is 14.1. The van der Waals surface area contributed by atoms with E-state index in [0.717, 1.165) is 27.8 Å². The van der Waals surface area contributed by atoms with Crippen molar-refractivity contribution in [3.05, 3.63) is 59.2 Å². The first-order valence-corrected chi connectivity index (χ1v) is 10.3. The van der Waals surface area contributed by atoms with Crippen molar-refractivity contribution in [2.24, 2.45) is 5.41 Å². The van der Waals surface area contributed by atoms with Crippen molar-refractivity contribution in [1.29, 1.82) is 0 Å². The van der Waals surface area contributed by atoms with E-state index in [4.69, 9.17) is 4.74 Å². The summed E-state index contributed by atoms with van der Waals surface area (Å²) in [6.45, 7) is 8.10. The zero-order valence-corrected chi connectivity index (χ0v) is 17.7. The maximum absolute atomic E-state index is 12.7. The number of carbonyl (C=O) groups is 2. The highest BCUT2D eigenvalue weighted by Gasteiger charge is 2.32. The summed E-state index contributed by atoms with van der Waals surface area (Å²) in [7, 11) is 0. The number of carbonyl (C=O) groups excluding carboxylic acids is 2. The molecule has 1 fully saturated rings. The third-order valence-corrected chi connectivity index (χ3v) is 5.73. The predicted molar refractivity (Wildman–Crippen MR) is 114 cm³/mol. The molecule has 158 valence electrons. The van der Waals surface area contributed by atoms with Gasteiger partial charge in [0.2, 0.25) is 0 Å². The molecule has 0 radical (unpaired) electrons. The van der Waals surface area contributed by atoms with Gasteiger partial charge in [-0.05, 0) is 41.3 Å². The Bertz CT molecular complexity index is 968. The molecule has 2 heterocycles. The number of fused-ring (bicyclic) bond motifs is 1. The molecule has 30 heavy (non-hydrogen) atoms. The van der Waals surface area contributed by atoms with E-state index in [9.17, 15) is 14.7 Å². The van der Waals surface area contributed by atoms with Crippen LogP contribution in [0.5, 0.6) is 0 Å². The number of amides is 2. The lowest BCUT2D eigenvalue weighted by Crippen LogP contribution is -2.36. The molecule has 0 spiro atoms. The van der Waals surface area contributed by atoms with Crippen LogP contribution < -0.4 is 0 Å². The van der Waals surface area contributed by atoms with Crippen LogP contribution in [0, 0.1) is 5.41 Å². The van der Waals surface area contributed by atoms with Gasteiger partial charge in [-0.2, -0.15) is 0 Å². The summed E-state index contributed by atoms with van der Waals surface area (Å²) in [5.41, 5.74) is 4.62. The zero-order chi connectivity index (χ0) is 21.5. The molecule has 0 saturated carbocycles. The van der Waals surface area contributed by atoms with E-state index in [1.807, 2.05) is 62.1 Å². The highest BCUT2D eigenvalue weighted by molar-refractivity contribution is 5.99. The van der Waals surface area contributed by atoms with Crippen molar-refractivity contribution in [1.82, 2.24) is 9.80 Å². The van der Waals surface area contributed by atoms with Gasteiger partial charge >= 0.3 is 6.09 Å². The van der Waals surface area contributed by atoms with Crippen molar-refractivity contribution in [2.75, 3.05) is 19.7 Å². The van der Waals surface area contributed by atoms with E-state index < -0.39 is 0 Å². The van der Waals surface area contributed by atoms with Crippen LogP contribution in [-0.2, 0) is 17.8 Å². The SMILES string of the molecule is CC1CN(Cc2ccc(-c3ccc4c(c3)CN(CC(C)(C)CO)C4=O)cc2)C(=O)O1. The number of aliphatic hydroxyl groups is 1. The molecule has 2 aliphatic rings. The monoisotopic (exact) mass is 408 g/mol. The third kappa shape index (κ3) is 4.05. The van der Waals surface area contributed by atoms with Gasteiger partial charge in [-0.1, -0.05) is 44.2 Å². The summed E-state index contributed by atoms with van der Waals surface area (Å²) in [5.74, 6) is 0.0279. The van der Waals surface area contributed by atoms with E-state index in [1.165, 1.54) is 0 Å². The number of hydrogen-bond acceptors (Lipinski definition) is 4. The van der Waals surface area contributed by atoms with Crippen molar-refractivity contribution in [2.45, 2.75) is 40.0 Å². The van der Waals surface area contributed by atoms with Crippen LogP contribution in [0.2, 0.25) is 0 Å². The highest BCUT2D eigenvalue weighted by Crippen LogP contribution is 2.31. The normalized spacial score (nSPS) is 18.7. The molecular weight excluding hydrogens is 380 g/mol. The average Bonchev–Trinajstić information content (AvgIpc) is 3.19. The molecule has 1 saturated heterocycles. The molecule has 2 aliphatic heterocycles. The van der Waals surface area contributed by atoms with E-state index in [2.05, 4.69) is 6.07 Å². The standard InChI is InChI=1S/C24H28N2O4/c1-16-11-25(23(29)30-16)12-17-4-6-18(7-5-17)19-8-9-21-20(10-19)13-26(22(21)28)14-24(2,3)15-27/h4-10,16,27H,11-15H2,1-3H3. The van der Waals surface area contributed by atoms with Gasteiger partial charge in [0.25, 0.3) is 5.91 Å². The highest BCUT2D eigenvalue weighted by atomic mass is 16.6. The molecule has 4 rings (SSSR count). The lowest BCUT2D eigenvalue weighted by atomic mass is 9.94. The van der Waals surface area contributed by atoms with E-state index in [0.29, 0.717) is 26.2 Å². The van der Waals surface area contributed by atoms with E-state index >= 15 is 0 Å². The van der Waals surface area contributed by atoms with Crippen molar-refractivity contribution < 1.29 is 19.4 Å². The minimum atomic E-state index is -0.323. The predicted octanol–water partition coefficient (Wildman–Crippen LogP) is 3.67. The zero-order valence-electron chi connectivity index (χ0n) is 17.7. The number of ether oxygens (including phenoxy) is 1. The quantitative estimate of drug-likeness (QED) is 0.792. The molecule has 1 atom stereocenters. The van der Waals surface area contributed by atoms with Gasteiger partial charge in [-0.3, -0.25) is 4.79 Å². The number of hydrogen-bond donors (Lipinski definition) is 1. The maximum atomic E-state index is 12.7. The molecular formula is C24H28N2O4. The Hall–Kier alpha value is -2.86. The fraction of sp³-hybridized carbons (Fsp3) is 0.417. The Labute approximate surface area is 177 Å². The topological polar surface area (TPSA) is 70.1 Å². The molecule has 1 unspecified atom stereocenters. The molecule has 6 nitrogen and oxygen atoms in total. The summed E-state index contributed by atoms with van der Waals surface area (Å²) >= 11 is 0. The van der Waals surface area contributed by atoms with Crippen LogP contribution >= 0.6 is 0 Å². The Kier molecular flexibility index (Phi) is 5.28. The largest absolute Gasteiger partial charge is 0.444 e. The Balaban J connectivity index is 1.48. The average molecular weight is 408 g/mol. The second-order valence-corrected chi connectivity index (χ2v) is 9.13. The van der Waals surface area contributed by atoms with Gasteiger partial charge in [0.15, 0.2) is 0 Å². The summed E-state index contributed by atoms with van der Waals surface area (Å²) < 4.78 is 5.18. The van der Waals surface area contributed by atoms with Gasteiger partial charge in [0.1, 0.15) is 6.10 Å². The summed E-state index contributed by atoms with van der Waals surface area (Å²) in [6.07, 6.45) is -0.322. The summed E-state index contributed by atoms with van der Waals surface area (Å²) in [5, 5.41) is 9.52. The fourth-order valence-corrected chi connectivity index (χ4v) is 4.08. The van der Waals surface area contributed by atoms with Crippen molar-refractivity contribution in [3.63, 3.8) is 0 Å². The molecule has 2 aromatic carbocycles. The Morgan fingerprint density at radius 2 is 1.77 bits per heavy atom. The first-order valence-electron chi connectivity index (χ1n) is 10.3. The number of cyclic esters (lactones) is 1. The molecule has 0 bridgehead atoms. The first-order chi connectivity index (χ1) is 14.3. The smallest absolute Gasteiger partial charge is 0.410 e. The number of nitrogens with zero attached hydrogens (tertiary/aromatic N) is 2. The maximum Gasteiger partial charge on any atom is 0.410 e. The van der Waals surface area contributed by atoms with Gasteiger partial charge < -0.3 is 19.6 Å². The second-order valence-electron chi connectivity index (χ2n) is 9.13. The lowest BCUT2D eigenvalue weighted by Gasteiger charge is -2.28. The van der Waals surface area contributed by atoms with Crippen LogP contribution in [0.25, 0.3) is 11.1 Å². The van der Waals surface area contributed by atoms with Crippen LogP contribution in [0.1, 0.15) is 42.3 Å². The number of benzene rings is 2. The Morgan fingerprint density at radius 3 is 2.40 bits per heavy atom. The van der Waals surface area contributed by atoms with Crippen LogP contribution in [0.4, 0.5) is 4.79 Å². The number of aliphatic hydroxyl groups excluding tert-OH is 1. The fourth-order valence-electron chi connectivity index (χ4n) is 4.08. The minimum Gasteiger partial charge on any atom is -0.444 e. The van der Waals surface area contributed by atoms with Gasteiger partial charge in [-0.25, -0.2) is 4.79 Å². The summed E-state index contributed by atoms with van der Waals surface area (Å²) in [4.78, 5) is 28.0. The Morgan fingerprint density at radius 1 is 1.07 bits per heavy atom. The molecule has 2 aromatic rings. The van der Waals surface area contributed by atoms with Gasteiger partial charge in [0.05, 0.1) is 6.54 Å². The minimum absolute atomic E-state index is 0.0279. The van der Waals surface area contributed by atoms with Crippen molar-refractivity contribution >= 4 is 12.0 Å². The molecule has 0 aromatic heterocycles. The van der Waals surface area contributed by atoms with Crippen LogP contribution in [0.15, 0.2) is 42.5 Å². The van der Waals surface area contributed by atoms with Gasteiger partial charge in [0, 0.05) is 37.2 Å². The van der Waals surface area contributed by atoms with E-state index in [-0.39, 0.29) is 30.1 Å². The van der Waals surface area contributed by atoms with Crippen LogP contribution in [-0.4, -0.2) is 52.7 Å². The molecule has 1 N–H and O–H groups in total.